The van der Waals surface area contributed by atoms with Crippen LogP contribution < -0.4 is 0 Å². The molecule has 46 heavy (non-hydrogen) atoms. The fourth-order valence-corrected chi connectivity index (χ4v) is 10.7. The van der Waals surface area contributed by atoms with Gasteiger partial charge in [0, 0.05) is 51.1 Å². The van der Waals surface area contributed by atoms with Gasteiger partial charge in [-0.15, -0.1) is 24.9 Å². The minimum Gasteiger partial charge on any atom is -0.394 e. The number of rotatable bonds is 15. The van der Waals surface area contributed by atoms with Gasteiger partial charge >= 0.3 is 0 Å². The van der Waals surface area contributed by atoms with Crippen LogP contribution in [0, 0.1) is 23.7 Å². The Morgan fingerprint density at radius 2 is 1.80 bits per heavy atom. The van der Waals surface area contributed by atoms with Crippen molar-refractivity contribution >= 4 is 29.5 Å². The van der Waals surface area contributed by atoms with Crippen LogP contribution in [-0.2, 0) is 25.7 Å². The molecule has 4 aliphatic heterocycles. The van der Waals surface area contributed by atoms with Crippen molar-refractivity contribution in [1.29, 1.82) is 0 Å². The zero-order valence-corrected chi connectivity index (χ0v) is 28.6. The van der Waals surface area contributed by atoms with E-state index < -0.39 is 28.7 Å². The maximum atomic E-state index is 15.0. The molecule has 9 nitrogen and oxygen atoms in total. The highest BCUT2D eigenvalue weighted by atomic mass is 32.2. The fourth-order valence-electron chi connectivity index (χ4n) is 8.30. The molecule has 0 saturated carbocycles. The number of hydrogen-bond acceptors (Lipinski definition) is 7. The summed E-state index contributed by atoms with van der Waals surface area (Å²) < 4.78 is 4.76. The maximum Gasteiger partial charge on any atom is 0.247 e. The molecule has 4 aliphatic rings. The molecule has 1 aromatic carbocycles. The predicted molar refractivity (Wildman–Crippen MR) is 182 cm³/mol. The minimum absolute atomic E-state index is 0.0253. The SMILES string of the molecule is C=CCN(CCN1CCOCC1)C(=O)C1N([C@@H](CO)[C@@H](C)CC)C(=O)[C@@H]2[C@@H](C(=O)N(CC=C)Cc3ccccc3)[C@H]3CC(C)C12S3. The first-order valence-electron chi connectivity index (χ1n) is 17.0. The van der Waals surface area contributed by atoms with Crippen LogP contribution in [0.3, 0.4) is 0 Å². The summed E-state index contributed by atoms with van der Waals surface area (Å²) >= 11 is 1.69. The number of morpholine rings is 1. The Balaban J connectivity index is 1.52. The average molecular weight is 653 g/mol. The van der Waals surface area contributed by atoms with Gasteiger partial charge < -0.3 is 24.5 Å². The highest BCUT2D eigenvalue weighted by Crippen LogP contribution is 2.69. The van der Waals surface area contributed by atoms with Gasteiger partial charge in [-0.3, -0.25) is 19.3 Å². The maximum absolute atomic E-state index is 15.0. The van der Waals surface area contributed by atoms with E-state index in [-0.39, 0.29) is 41.4 Å². The summed E-state index contributed by atoms with van der Waals surface area (Å²) in [5.74, 6) is -1.49. The molecule has 10 heteroatoms. The van der Waals surface area contributed by atoms with Gasteiger partial charge in [0.1, 0.15) is 6.04 Å². The summed E-state index contributed by atoms with van der Waals surface area (Å²) in [4.78, 5) is 52.1. The molecule has 1 aromatic rings. The van der Waals surface area contributed by atoms with Gasteiger partial charge in [-0.1, -0.05) is 69.7 Å². The van der Waals surface area contributed by atoms with Gasteiger partial charge in [0.05, 0.1) is 42.4 Å². The molecule has 4 heterocycles. The first-order chi connectivity index (χ1) is 22.2. The third-order valence-electron chi connectivity index (χ3n) is 10.9. The van der Waals surface area contributed by atoms with Crippen molar-refractivity contribution in [3.63, 3.8) is 0 Å². The van der Waals surface area contributed by atoms with Crippen molar-refractivity contribution in [3.8, 4) is 0 Å². The van der Waals surface area contributed by atoms with Crippen LogP contribution in [0.5, 0.6) is 0 Å². The lowest BCUT2D eigenvalue weighted by Crippen LogP contribution is -2.60. The zero-order chi connectivity index (χ0) is 33.0. The Kier molecular flexibility index (Phi) is 11.3. The summed E-state index contributed by atoms with van der Waals surface area (Å²) in [5, 5.41) is 10.7. The molecule has 5 rings (SSSR count). The molecule has 3 amide bonds. The van der Waals surface area contributed by atoms with Gasteiger partial charge in [0.15, 0.2) is 0 Å². The first-order valence-corrected chi connectivity index (χ1v) is 17.9. The van der Waals surface area contributed by atoms with Crippen LogP contribution in [0.2, 0.25) is 0 Å². The first kappa shape index (κ1) is 34.7. The number of benzene rings is 1. The summed E-state index contributed by atoms with van der Waals surface area (Å²) in [5.41, 5.74) is 1.02. The predicted octanol–water partition coefficient (Wildman–Crippen LogP) is 3.29. The molecule has 4 fully saturated rings. The number of likely N-dealkylation sites (tertiary alicyclic amines) is 1. The van der Waals surface area contributed by atoms with Gasteiger partial charge in [-0.05, 0) is 23.8 Å². The quantitative estimate of drug-likeness (QED) is 0.291. The molecule has 3 unspecified atom stereocenters. The number of nitrogens with zero attached hydrogens (tertiary/aromatic N) is 4. The minimum atomic E-state index is -0.773. The second-order valence-corrected chi connectivity index (χ2v) is 15.0. The molecule has 0 aliphatic carbocycles. The van der Waals surface area contributed by atoms with Crippen LogP contribution in [0.25, 0.3) is 0 Å². The summed E-state index contributed by atoms with van der Waals surface area (Å²) in [6, 6.07) is 8.59. The van der Waals surface area contributed by atoms with E-state index in [9.17, 15) is 19.5 Å². The molecule has 252 valence electrons. The van der Waals surface area contributed by atoms with E-state index in [1.54, 1.807) is 28.8 Å². The number of aliphatic hydroxyl groups is 1. The molecule has 1 spiro atoms. The number of thioether (sulfide) groups is 1. The van der Waals surface area contributed by atoms with Crippen molar-refractivity contribution < 1.29 is 24.2 Å². The number of ether oxygens (including phenoxy) is 1. The summed E-state index contributed by atoms with van der Waals surface area (Å²) in [7, 11) is 0. The van der Waals surface area contributed by atoms with Crippen molar-refractivity contribution in [2.75, 3.05) is 59.1 Å². The number of fused-ring (bicyclic) bond motifs is 1. The van der Waals surface area contributed by atoms with Crippen LogP contribution in [-0.4, -0.2) is 124 Å². The Morgan fingerprint density at radius 1 is 1.13 bits per heavy atom. The van der Waals surface area contributed by atoms with E-state index in [1.807, 2.05) is 54.0 Å². The summed E-state index contributed by atoms with van der Waals surface area (Å²) in [6.07, 6.45) is 5.00. The standard InChI is InChI=1S/C36H52N4O5S/c1-6-14-38(17-16-37-18-20-45-21-19-37)35(44)32-36-26(5)22-29(46-36)30(31(36)34(43)40(32)28(24-41)25(4)8-3)33(42)39(15-7-2)23-27-12-10-9-11-13-27/h6-7,9-13,25-26,28-32,41H,1-2,8,14-24H2,3-5H3/t25-,26?,28-,29+,30-,31-,32?,36?/m0/s1. The molecular formula is C36H52N4O5S. The van der Waals surface area contributed by atoms with Gasteiger partial charge in [0.25, 0.3) is 0 Å². The highest BCUT2D eigenvalue weighted by molar-refractivity contribution is 8.02. The van der Waals surface area contributed by atoms with Crippen molar-refractivity contribution in [3.05, 3.63) is 61.2 Å². The lowest BCUT2D eigenvalue weighted by molar-refractivity contribution is -0.148. The van der Waals surface area contributed by atoms with E-state index >= 15 is 0 Å². The molecule has 1 N–H and O–H groups in total. The van der Waals surface area contributed by atoms with E-state index in [1.165, 1.54) is 0 Å². The number of amides is 3. The van der Waals surface area contributed by atoms with Crippen LogP contribution in [0.1, 0.15) is 39.2 Å². The highest BCUT2D eigenvalue weighted by Gasteiger charge is 2.77. The Morgan fingerprint density at radius 3 is 2.43 bits per heavy atom. The largest absolute Gasteiger partial charge is 0.394 e. The lowest BCUT2D eigenvalue weighted by Gasteiger charge is -2.43. The summed E-state index contributed by atoms with van der Waals surface area (Å²) in [6.45, 7) is 19.2. The van der Waals surface area contributed by atoms with Gasteiger partial charge in [-0.25, -0.2) is 0 Å². The van der Waals surface area contributed by atoms with E-state index in [0.717, 1.165) is 31.5 Å². The van der Waals surface area contributed by atoms with E-state index in [0.29, 0.717) is 45.9 Å². The number of aliphatic hydroxyl groups excluding tert-OH is 1. The second-order valence-electron chi connectivity index (χ2n) is 13.5. The molecular weight excluding hydrogens is 600 g/mol. The Labute approximate surface area is 279 Å². The second kappa shape index (κ2) is 15.0. The van der Waals surface area contributed by atoms with Crippen molar-refractivity contribution in [2.45, 2.75) is 62.2 Å². The molecule has 4 saturated heterocycles. The zero-order valence-electron chi connectivity index (χ0n) is 27.8. The third kappa shape index (κ3) is 6.30. The average Bonchev–Trinajstić information content (AvgIpc) is 3.67. The van der Waals surface area contributed by atoms with Crippen LogP contribution in [0.15, 0.2) is 55.6 Å². The normalized spacial score (nSPS) is 30.1. The molecule has 8 atom stereocenters. The van der Waals surface area contributed by atoms with Crippen molar-refractivity contribution in [1.82, 2.24) is 19.6 Å². The molecule has 2 bridgehead atoms. The van der Waals surface area contributed by atoms with Crippen LogP contribution in [0.4, 0.5) is 0 Å². The fraction of sp³-hybridized carbons (Fsp3) is 0.639. The number of carbonyl (C=O) groups excluding carboxylic acids is 3. The lowest BCUT2D eigenvalue weighted by atomic mass is 9.65. The van der Waals surface area contributed by atoms with Gasteiger partial charge in [0.2, 0.25) is 17.7 Å². The van der Waals surface area contributed by atoms with Crippen molar-refractivity contribution in [2.24, 2.45) is 23.7 Å². The van der Waals surface area contributed by atoms with Gasteiger partial charge in [-0.2, -0.15) is 0 Å². The topological polar surface area (TPSA) is 93.6 Å². The Hall–Kier alpha value is -2.66. The van der Waals surface area contributed by atoms with Crippen LogP contribution >= 0.6 is 11.8 Å². The smallest absolute Gasteiger partial charge is 0.247 e. The third-order valence-corrected chi connectivity index (χ3v) is 13.0. The van der Waals surface area contributed by atoms with E-state index in [2.05, 4.69) is 25.0 Å². The molecule has 0 aromatic heterocycles. The number of hydrogen-bond donors (Lipinski definition) is 1. The monoisotopic (exact) mass is 652 g/mol. The Bertz CT molecular complexity index is 1260. The van der Waals surface area contributed by atoms with E-state index in [4.69, 9.17) is 4.74 Å². The molecule has 0 radical (unpaired) electrons. The number of carbonyl (C=O) groups is 3.